The van der Waals surface area contributed by atoms with Crippen molar-refractivity contribution in [3.8, 4) is 0 Å². The van der Waals surface area contributed by atoms with Gasteiger partial charge in [-0.1, -0.05) is 23.7 Å². The van der Waals surface area contributed by atoms with Crippen LogP contribution in [0.3, 0.4) is 0 Å². The maximum absolute atomic E-state index is 13.9. The minimum Gasteiger partial charge on any atom is -0.324 e. The normalized spacial score (nSPS) is 30.8. The van der Waals surface area contributed by atoms with Gasteiger partial charge in [-0.2, -0.15) is 0 Å². The number of benzene rings is 2. The molecule has 2 aromatic carbocycles. The van der Waals surface area contributed by atoms with Gasteiger partial charge in [0.2, 0.25) is 17.7 Å². The first-order chi connectivity index (χ1) is 15.3. The van der Waals surface area contributed by atoms with Crippen molar-refractivity contribution >= 4 is 40.7 Å². The third kappa shape index (κ3) is 2.16. The topological polar surface area (TPSA) is 69.7 Å². The first-order valence-electron chi connectivity index (χ1n) is 10.8. The molecule has 8 heteroatoms. The highest BCUT2D eigenvalue weighted by atomic mass is 35.5. The molecule has 0 aliphatic carbocycles. The van der Waals surface area contributed by atoms with Crippen LogP contribution in [0.1, 0.15) is 29.5 Å². The van der Waals surface area contributed by atoms with Crippen LogP contribution in [0.25, 0.3) is 0 Å². The first kappa shape index (κ1) is 19.9. The molecule has 0 unspecified atom stereocenters. The van der Waals surface area contributed by atoms with E-state index < -0.39 is 29.1 Å². The number of nitrogens with one attached hydrogen (secondary N) is 1. The Kier molecular flexibility index (Phi) is 3.97. The number of fused-ring (bicyclic) bond motifs is 7. The summed E-state index contributed by atoms with van der Waals surface area (Å²) in [6.07, 6.45) is 1.60. The number of imide groups is 1. The van der Waals surface area contributed by atoms with Crippen LogP contribution in [-0.2, 0) is 19.9 Å². The van der Waals surface area contributed by atoms with Crippen LogP contribution in [0.15, 0.2) is 30.3 Å². The molecule has 4 aliphatic rings. The highest BCUT2D eigenvalue weighted by Crippen LogP contribution is 2.61. The van der Waals surface area contributed by atoms with Crippen molar-refractivity contribution in [1.29, 1.82) is 0 Å². The van der Waals surface area contributed by atoms with Crippen molar-refractivity contribution in [2.75, 3.05) is 16.8 Å². The molecule has 4 atom stereocenters. The van der Waals surface area contributed by atoms with Crippen LogP contribution in [0.4, 0.5) is 15.8 Å². The highest BCUT2D eigenvalue weighted by molar-refractivity contribution is 6.32. The van der Waals surface area contributed by atoms with E-state index in [0.29, 0.717) is 6.54 Å². The zero-order valence-corrected chi connectivity index (χ0v) is 18.4. The lowest BCUT2D eigenvalue weighted by Gasteiger charge is -2.36. The van der Waals surface area contributed by atoms with E-state index >= 15 is 0 Å². The molecule has 0 aromatic heterocycles. The van der Waals surface area contributed by atoms with Gasteiger partial charge >= 0.3 is 0 Å². The maximum atomic E-state index is 13.9. The Hall–Kier alpha value is -2.77. The summed E-state index contributed by atoms with van der Waals surface area (Å²) in [5.41, 5.74) is 2.54. The van der Waals surface area contributed by atoms with E-state index in [4.69, 9.17) is 11.6 Å². The third-order valence-electron chi connectivity index (χ3n) is 7.86. The molecular weight excluding hydrogens is 433 g/mol. The van der Waals surface area contributed by atoms with Gasteiger partial charge in [0, 0.05) is 17.3 Å². The lowest BCUT2D eigenvalue weighted by Crippen LogP contribution is -2.54. The second-order valence-corrected chi connectivity index (χ2v) is 9.57. The molecule has 3 saturated heterocycles. The summed E-state index contributed by atoms with van der Waals surface area (Å²) in [5, 5.41) is 2.88. The molecule has 2 aromatic rings. The van der Waals surface area contributed by atoms with Gasteiger partial charge in [-0.15, -0.1) is 0 Å². The molecule has 1 N–H and O–H groups in total. The molecule has 164 valence electrons. The summed E-state index contributed by atoms with van der Waals surface area (Å²) >= 11 is 5.94. The molecule has 4 aliphatic heterocycles. The maximum Gasteiger partial charge on any atom is 0.250 e. The summed E-state index contributed by atoms with van der Waals surface area (Å²) in [6, 6.07) is 7.51. The first-order valence-corrected chi connectivity index (χ1v) is 11.2. The minimum atomic E-state index is -1.22. The number of aryl methyl sites for hydroxylation is 1. The van der Waals surface area contributed by atoms with Crippen LogP contribution in [0.2, 0.25) is 5.02 Å². The largest absolute Gasteiger partial charge is 0.324 e. The molecule has 3 amide bonds. The second kappa shape index (κ2) is 6.39. The monoisotopic (exact) mass is 453 g/mol. The van der Waals surface area contributed by atoms with Crippen LogP contribution >= 0.6 is 11.6 Å². The minimum absolute atomic E-state index is 0.160. The number of halogens is 2. The summed E-state index contributed by atoms with van der Waals surface area (Å²) in [7, 11) is 0. The average molecular weight is 454 g/mol. The third-order valence-corrected chi connectivity index (χ3v) is 8.15. The Balaban J connectivity index is 1.56. The lowest BCUT2D eigenvalue weighted by molar-refractivity contribution is -0.135. The van der Waals surface area contributed by atoms with Gasteiger partial charge in [0.05, 0.1) is 22.5 Å². The SMILES string of the molecule is Cc1ccc2c(c1C)NC(=O)[C@@]21[C@@H]2C(=O)N(c3ccc(F)c(Cl)c3)C(=O)[C@H]2[C@H]2CCCN21. The quantitative estimate of drug-likeness (QED) is 0.671. The van der Waals surface area contributed by atoms with Gasteiger partial charge in [0.15, 0.2) is 0 Å². The molecule has 1 spiro atoms. The standard InChI is InChI=1S/C24H21ClFN3O3/c1-11-5-7-14-20(12(11)2)27-23(32)24(14)19-18(17-4-3-9-28(17)24)21(30)29(22(19)31)13-6-8-16(26)15(25)10-13/h5-8,10,17-19H,3-4,9H2,1-2H3,(H,27,32)/t17-,18+,19+,24+/m1/s1. The van der Waals surface area contributed by atoms with Crippen LogP contribution in [0.5, 0.6) is 0 Å². The number of nitrogens with zero attached hydrogens (tertiary/aromatic N) is 2. The fourth-order valence-electron chi connectivity index (χ4n) is 6.40. The average Bonchev–Trinajstić information content (AvgIpc) is 3.46. The zero-order chi connectivity index (χ0) is 22.5. The molecule has 0 bridgehead atoms. The Bertz CT molecular complexity index is 1250. The van der Waals surface area contributed by atoms with Gasteiger partial charge in [0.25, 0.3) is 0 Å². The van der Waals surface area contributed by atoms with E-state index in [-0.39, 0.29) is 28.6 Å². The Morgan fingerprint density at radius 2 is 1.91 bits per heavy atom. The number of hydrogen-bond acceptors (Lipinski definition) is 4. The van der Waals surface area contributed by atoms with E-state index in [9.17, 15) is 18.8 Å². The summed E-state index contributed by atoms with van der Waals surface area (Å²) in [4.78, 5) is 44.4. The molecule has 4 heterocycles. The van der Waals surface area contributed by atoms with Crippen molar-refractivity contribution in [2.24, 2.45) is 11.8 Å². The van der Waals surface area contributed by atoms with Gasteiger partial charge < -0.3 is 5.32 Å². The van der Waals surface area contributed by atoms with Crippen molar-refractivity contribution in [3.63, 3.8) is 0 Å². The van der Waals surface area contributed by atoms with Gasteiger partial charge in [0.1, 0.15) is 11.4 Å². The number of carbonyl (C=O) groups excluding carboxylic acids is 3. The van der Waals surface area contributed by atoms with Crippen molar-refractivity contribution < 1.29 is 18.8 Å². The van der Waals surface area contributed by atoms with Crippen LogP contribution < -0.4 is 10.2 Å². The van der Waals surface area contributed by atoms with E-state index in [0.717, 1.165) is 46.2 Å². The smallest absolute Gasteiger partial charge is 0.250 e. The van der Waals surface area contributed by atoms with E-state index in [1.165, 1.54) is 12.1 Å². The van der Waals surface area contributed by atoms with Crippen LogP contribution in [-0.4, -0.2) is 35.2 Å². The predicted octanol–water partition coefficient (Wildman–Crippen LogP) is 3.53. The summed E-state index contributed by atoms with van der Waals surface area (Å²) in [5.74, 6) is -3.12. The van der Waals surface area contributed by atoms with Gasteiger partial charge in [-0.25, -0.2) is 9.29 Å². The Morgan fingerprint density at radius 3 is 2.66 bits per heavy atom. The van der Waals surface area contributed by atoms with Gasteiger partial charge in [-0.3, -0.25) is 19.3 Å². The Morgan fingerprint density at radius 1 is 1.12 bits per heavy atom. The number of hydrogen-bond donors (Lipinski definition) is 1. The molecule has 6 nitrogen and oxygen atoms in total. The van der Waals surface area contributed by atoms with E-state index in [1.54, 1.807) is 0 Å². The van der Waals surface area contributed by atoms with Gasteiger partial charge in [-0.05, 0) is 62.6 Å². The Labute approximate surface area is 189 Å². The van der Waals surface area contributed by atoms with E-state index in [2.05, 4.69) is 10.2 Å². The summed E-state index contributed by atoms with van der Waals surface area (Å²) < 4.78 is 13.7. The fourth-order valence-corrected chi connectivity index (χ4v) is 6.57. The lowest BCUT2D eigenvalue weighted by atomic mass is 9.75. The molecule has 6 rings (SSSR count). The van der Waals surface area contributed by atoms with Crippen molar-refractivity contribution in [2.45, 2.75) is 38.3 Å². The zero-order valence-electron chi connectivity index (χ0n) is 17.6. The number of carbonyl (C=O) groups is 3. The summed E-state index contributed by atoms with van der Waals surface area (Å²) in [6.45, 7) is 4.59. The highest BCUT2D eigenvalue weighted by Gasteiger charge is 2.74. The molecular formula is C24H21ClFN3O3. The number of amides is 3. The number of rotatable bonds is 1. The predicted molar refractivity (Wildman–Crippen MR) is 117 cm³/mol. The van der Waals surface area contributed by atoms with E-state index in [1.807, 2.05) is 26.0 Å². The second-order valence-electron chi connectivity index (χ2n) is 9.17. The molecule has 32 heavy (non-hydrogen) atoms. The number of anilines is 2. The fraction of sp³-hybridized carbons (Fsp3) is 0.375. The van der Waals surface area contributed by atoms with Crippen LogP contribution in [0, 0.1) is 31.5 Å². The molecule has 3 fully saturated rings. The molecule has 0 saturated carbocycles. The van der Waals surface area contributed by atoms with Crippen molar-refractivity contribution in [1.82, 2.24) is 4.90 Å². The van der Waals surface area contributed by atoms with Crippen molar-refractivity contribution in [3.05, 3.63) is 57.9 Å². The molecule has 0 radical (unpaired) electrons.